The maximum absolute atomic E-state index is 12.7. The van der Waals surface area contributed by atoms with Gasteiger partial charge in [-0.1, -0.05) is 31.5 Å². The summed E-state index contributed by atoms with van der Waals surface area (Å²) in [6, 6.07) is 10.8. The predicted molar refractivity (Wildman–Crippen MR) is 135 cm³/mol. The van der Waals surface area contributed by atoms with Gasteiger partial charge in [-0.05, 0) is 62.1 Å². The van der Waals surface area contributed by atoms with Crippen molar-refractivity contribution in [1.82, 2.24) is 0 Å². The molecule has 182 valence electrons. The Morgan fingerprint density at radius 1 is 1.12 bits per heavy atom. The molecule has 0 saturated carbocycles. The van der Waals surface area contributed by atoms with Gasteiger partial charge in [-0.3, -0.25) is 4.79 Å². The lowest BCUT2D eigenvalue weighted by Gasteiger charge is -2.26. The number of aryl methyl sites for hydroxylation is 1. The number of rotatable bonds is 4. The summed E-state index contributed by atoms with van der Waals surface area (Å²) in [6.07, 6.45) is 2.42. The highest BCUT2D eigenvalue weighted by molar-refractivity contribution is 6.31. The zero-order chi connectivity index (χ0) is 25.4. The van der Waals surface area contributed by atoms with Crippen molar-refractivity contribution in [3.8, 4) is 5.75 Å². The first-order valence-corrected chi connectivity index (χ1v) is 11.1. The van der Waals surface area contributed by atoms with Crippen LogP contribution in [0.25, 0.3) is 0 Å². The van der Waals surface area contributed by atoms with E-state index in [2.05, 4.69) is 10.2 Å². The first-order valence-electron chi connectivity index (χ1n) is 10.7. The summed E-state index contributed by atoms with van der Waals surface area (Å²) >= 11 is 6.14. The average molecular weight is 479 g/mol. The van der Waals surface area contributed by atoms with Crippen LogP contribution in [0.15, 0.2) is 36.4 Å². The SMILES string of the molecule is C=O.C=O.CC.COc1ccc(C(=O)Nc2ccc(C)c(Cl)c2)cc1N1CCCCC(O)C1. The number of β-amino-alcohol motifs (C(OH)–C–C–N with tert-alkyl or cyclic N) is 1. The molecule has 0 aliphatic carbocycles. The van der Waals surface area contributed by atoms with Gasteiger partial charge in [0, 0.05) is 29.4 Å². The smallest absolute Gasteiger partial charge is 0.255 e. The Labute approximate surface area is 201 Å². The van der Waals surface area contributed by atoms with Gasteiger partial charge in [0.25, 0.3) is 5.91 Å². The van der Waals surface area contributed by atoms with Crippen LogP contribution in [0.3, 0.4) is 0 Å². The van der Waals surface area contributed by atoms with Crippen molar-refractivity contribution in [3.63, 3.8) is 0 Å². The number of carbonyl (C=O) groups is 3. The van der Waals surface area contributed by atoms with E-state index in [1.807, 2.05) is 52.5 Å². The van der Waals surface area contributed by atoms with Crippen molar-refractivity contribution in [1.29, 1.82) is 0 Å². The molecule has 1 fully saturated rings. The van der Waals surface area contributed by atoms with Crippen LogP contribution in [0.2, 0.25) is 5.02 Å². The number of benzene rings is 2. The summed E-state index contributed by atoms with van der Waals surface area (Å²) in [6.45, 7) is 11.3. The molecule has 1 heterocycles. The number of aliphatic hydroxyl groups excluding tert-OH is 1. The highest BCUT2D eigenvalue weighted by Crippen LogP contribution is 2.31. The summed E-state index contributed by atoms with van der Waals surface area (Å²) in [5.74, 6) is 0.480. The summed E-state index contributed by atoms with van der Waals surface area (Å²) in [7, 11) is 1.61. The number of amides is 1. The van der Waals surface area contributed by atoms with E-state index in [1.165, 1.54) is 0 Å². The lowest BCUT2D eigenvalue weighted by molar-refractivity contribution is -0.0987. The number of hydrogen-bond acceptors (Lipinski definition) is 6. The van der Waals surface area contributed by atoms with Gasteiger partial charge in [-0.15, -0.1) is 0 Å². The van der Waals surface area contributed by atoms with E-state index in [0.717, 1.165) is 37.1 Å². The van der Waals surface area contributed by atoms with Gasteiger partial charge in [0.05, 0.1) is 18.9 Å². The normalized spacial score (nSPS) is 14.6. The molecule has 8 heteroatoms. The number of nitrogens with one attached hydrogen (secondary N) is 1. The Bertz CT molecular complexity index is 861. The molecule has 1 atom stereocenters. The van der Waals surface area contributed by atoms with Gasteiger partial charge in [-0.25, -0.2) is 0 Å². The number of nitrogens with zero attached hydrogens (tertiary/aromatic N) is 1. The molecular weight excluding hydrogens is 444 g/mol. The molecule has 3 rings (SSSR count). The molecule has 1 aliphatic rings. The van der Waals surface area contributed by atoms with E-state index in [0.29, 0.717) is 28.6 Å². The van der Waals surface area contributed by atoms with E-state index < -0.39 is 0 Å². The van der Waals surface area contributed by atoms with Gasteiger partial charge in [0.15, 0.2) is 0 Å². The second-order valence-electron chi connectivity index (χ2n) is 6.90. The lowest BCUT2D eigenvalue weighted by atomic mass is 10.1. The Hall–Kier alpha value is -2.90. The molecule has 1 saturated heterocycles. The van der Waals surface area contributed by atoms with Crippen LogP contribution in [-0.4, -0.2) is 50.9 Å². The first-order chi connectivity index (χ1) is 16.0. The highest BCUT2D eigenvalue weighted by Gasteiger charge is 2.20. The van der Waals surface area contributed by atoms with Crippen molar-refractivity contribution in [3.05, 3.63) is 52.5 Å². The van der Waals surface area contributed by atoms with Gasteiger partial charge in [0.2, 0.25) is 0 Å². The number of aliphatic hydroxyl groups is 1. The average Bonchev–Trinajstić information content (AvgIpc) is 3.09. The van der Waals surface area contributed by atoms with Crippen LogP contribution >= 0.6 is 11.6 Å². The minimum absolute atomic E-state index is 0.214. The monoisotopic (exact) mass is 478 g/mol. The first kappa shape index (κ1) is 30.1. The second kappa shape index (κ2) is 16.7. The summed E-state index contributed by atoms with van der Waals surface area (Å²) in [4.78, 5) is 30.8. The number of carbonyl (C=O) groups excluding carboxylic acids is 3. The topological polar surface area (TPSA) is 95.9 Å². The van der Waals surface area contributed by atoms with E-state index in [9.17, 15) is 9.90 Å². The van der Waals surface area contributed by atoms with Crippen molar-refractivity contribution in [2.75, 3.05) is 30.4 Å². The molecule has 1 unspecified atom stereocenters. The largest absolute Gasteiger partial charge is 0.495 e. The van der Waals surface area contributed by atoms with Gasteiger partial charge in [-0.2, -0.15) is 0 Å². The van der Waals surface area contributed by atoms with Gasteiger partial charge < -0.3 is 29.6 Å². The van der Waals surface area contributed by atoms with Gasteiger partial charge >= 0.3 is 0 Å². The summed E-state index contributed by atoms with van der Waals surface area (Å²) in [5, 5.41) is 13.6. The zero-order valence-electron chi connectivity index (χ0n) is 19.9. The van der Waals surface area contributed by atoms with Crippen LogP contribution in [0, 0.1) is 6.92 Å². The van der Waals surface area contributed by atoms with Crippen LogP contribution in [0.4, 0.5) is 11.4 Å². The summed E-state index contributed by atoms with van der Waals surface area (Å²) < 4.78 is 5.48. The minimum atomic E-state index is -0.371. The molecule has 2 N–H and O–H groups in total. The molecule has 1 amide bonds. The number of anilines is 2. The van der Waals surface area contributed by atoms with Crippen molar-refractivity contribution in [2.45, 2.75) is 46.1 Å². The second-order valence-corrected chi connectivity index (χ2v) is 7.31. The Balaban J connectivity index is 0.00000158. The van der Waals surface area contributed by atoms with Crippen LogP contribution in [-0.2, 0) is 9.59 Å². The molecule has 2 aromatic carbocycles. The fraction of sp³-hybridized carbons (Fsp3) is 0.400. The number of halogens is 1. The Kier molecular flexibility index (Phi) is 15.2. The Morgan fingerprint density at radius 3 is 2.39 bits per heavy atom. The standard InChI is InChI=1S/C21H25ClN2O3.C2H6.2CH2O/c1-14-6-8-16(12-18(14)22)23-21(26)15-7-9-20(27-2)19(11-15)24-10-4-3-5-17(25)13-24;3*1-2/h6-9,11-12,17,25H,3-5,10,13H2,1-2H3,(H,23,26);1-2H3;2*1H2. The maximum atomic E-state index is 12.7. The fourth-order valence-electron chi connectivity index (χ4n) is 3.29. The van der Waals surface area contributed by atoms with Crippen LogP contribution in [0.1, 0.15) is 49.0 Å². The molecule has 33 heavy (non-hydrogen) atoms. The van der Waals surface area contributed by atoms with E-state index in [4.69, 9.17) is 25.9 Å². The fourth-order valence-corrected chi connectivity index (χ4v) is 3.47. The molecule has 0 spiro atoms. The quantitative estimate of drug-likeness (QED) is 0.647. The molecular formula is C25H35ClN2O5. The van der Waals surface area contributed by atoms with E-state index in [1.54, 1.807) is 25.3 Å². The number of hydrogen-bond donors (Lipinski definition) is 2. The van der Waals surface area contributed by atoms with Crippen LogP contribution < -0.4 is 15.0 Å². The van der Waals surface area contributed by atoms with Gasteiger partial charge in [0.1, 0.15) is 19.3 Å². The van der Waals surface area contributed by atoms with E-state index >= 15 is 0 Å². The number of ether oxygens (including phenoxy) is 1. The molecule has 7 nitrogen and oxygen atoms in total. The maximum Gasteiger partial charge on any atom is 0.255 e. The third-order valence-corrected chi connectivity index (χ3v) is 5.27. The van der Waals surface area contributed by atoms with Crippen LogP contribution in [0.5, 0.6) is 5.75 Å². The van der Waals surface area contributed by atoms with Crippen molar-refractivity contribution < 1.29 is 24.2 Å². The molecule has 0 radical (unpaired) electrons. The molecule has 1 aliphatic heterocycles. The third-order valence-electron chi connectivity index (χ3n) is 4.86. The molecule has 0 bridgehead atoms. The number of methoxy groups -OCH3 is 1. The predicted octanol–water partition coefficient (Wildman–Crippen LogP) is 4.92. The molecule has 0 aromatic heterocycles. The highest BCUT2D eigenvalue weighted by atomic mass is 35.5. The van der Waals surface area contributed by atoms with Crippen molar-refractivity contribution >= 4 is 42.5 Å². The van der Waals surface area contributed by atoms with E-state index in [-0.39, 0.29) is 12.0 Å². The third kappa shape index (κ3) is 9.24. The molecule has 2 aromatic rings. The summed E-state index contributed by atoms with van der Waals surface area (Å²) in [5.41, 5.74) is 2.97. The Morgan fingerprint density at radius 2 is 1.79 bits per heavy atom. The van der Waals surface area contributed by atoms with Crippen molar-refractivity contribution in [2.24, 2.45) is 0 Å². The lowest BCUT2D eigenvalue weighted by Crippen LogP contribution is -2.31. The minimum Gasteiger partial charge on any atom is -0.495 e. The zero-order valence-corrected chi connectivity index (χ0v) is 20.7.